The number of carboxylic acid groups (broad SMARTS) is 1. The van der Waals surface area contributed by atoms with Gasteiger partial charge in [-0.3, -0.25) is 9.78 Å². The van der Waals surface area contributed by atoms with Gasteiger partial charge in [-0.2, -0.15) is 39.5 Å². The number of hydrogen-bond donors (Lipinski definition) is 4. The van der Waals surface area contributed by atoms with Gasteiger partial charge in [0.2, 0.25) is 5.91 Å². The van der Waals surface area contributed by atoms with Gasteiger partial charge in [0.05, 0.1) is 29.4 Å². The van der Waals surface area contributed by atoms with E-state index in [9.17, 15) is 44.3 Å². The van der Waals surface area contributed by atoms with Gasteiger partial charge in [0.1, 0.15) is 0 Å². The highest BCUT2D eigenvalue weighted by molar-refractivity contribution is 5.97. The van der Waals surface area contributed by atoms with Gasteiger partial charge in [-0.1, -0.05) is 18.2 Å². The summed E-state index contributed by atoms with van der Waals surface area (Å²) in [6.45, 7) is 1.84. The molecular weight excluding hydrogens is 659 g/mol. The number of amides is 1. The van der Waals surface area contributed by atoms with Crippen LogP contribution in [0.3, 0.4) is 0 Å². The lowest BCUT2D eigenvalue weighted by Crippen LogP contribution is -2.21. The van der Waals surface area contributed by atoms with Crippen LogP contribution in [-0.4, -0.2) is 33.1 Å². The molecule has 0 fully saturated rings. The van der Waals surface area contributed by atoms with Crippen molar-refractivity contribution in [3.8, 4) is 11.1 Å². The van der Waals surface area contributed by atoms with E-state index in [1.54, 1.807) is 12.1 Å². The lowest BCUT2D eigenvalue weighted by atomic mass is 9.97. The molecule has 0 saturated carbocycles. The average molecular weight is 683 g/mol. The first-order valence-electron chi connectivity index (χ1n) is 13.6. The van der Waals surface area contributed by atoms with Crippen LogP contribution in [0.2, 0.25) is 0 Å². The van der Waals surface area contributed by atoms with Crippen molar-refractivity contribution in [1.82, 2.24) is 9.97 Å². The largest absolute Gasteiger partial charge is 0.490 e. The molecule has 5 rings (SSSR count). The molecule has 5 aromatic rings. The van der Waals surface area contributed by atoms with Crippen molar-refractivity contribution in [2.24, 2.45) is 0 Å². The number of anilines is 3. The van der Waals surface area contributed by atoms with Crippen molar-refractivity contribution in [3.63, 3.8) is 0 Å². The Bertz CT molecular complexity index is 1900. The number of aliphatic carboxylic acids is 1. The molecule has 2 aromatic heterocycles. The van der Waals surface area contributed by atoms with Crippen molar-refractivity contribution >= 4 is 39.8 Å². The number of rotatable bonds is 6. The number of aromatic nitrogens is 2. The molecule has 7 nitrogen and oxygen atoms in total. The summed E-state index contributed by atoms with van der Waals surface area (Å²) in [6, 6.07) is 16.4. The maximum atomic E-state index is 13.6. The highest BCUT2D eigenvalue weighted by Crippen LogP contribution is 2.41. The highest BCUT2D eigenvalue weighted by Gasteiger charge is 2.38. The monoisotopic (exact) mass is 682 g/mol. The number of fused-ring (bicyclic) bond motifs is 1. The van der Waals surface area contributed by atoms with Crippen LogP contribution in [0, 0.1) is 6.92 Å². The Morgan fingerprint density at radius 3 is 2.00 bits per heavy atom. The normalized spacial score (nSPS) is 11.9. The number of benzene rings is 3. The summed E-state index contributed by atoms with van der Waals surface area (Å²) >= 11 is 0. The lowest BCUT2D eigenvalue weighted by molar-refractivity contribution is -0.192. The fourth-order valence-corrected chi connectivity index (χ4v) is 4.60. The number of H-pyrrole nitrogens is 1. The fourth-order valence-electron chi connectivity index (χ4n) is 4.60. The van der Waals surface area contributed by atoms with E-state index in [4.69, 9.17) is 9.90 Å². The first-order chi connectivity index (χ1) is 22.3. The van der Waals surface area contributed by atoms with E-state index in [1.807, 2.05) is 31.2 Å². The fraction of sp³-hybridized carbons (Fsp3) is 0.156. The summed E-state index contributed by atoms with van der Waals surface area (Å²) in [4.78, 5) is 29.1. The topological polar surface area (TPSA) is 107 Å². The molecule has 16 heteroatoms. The standard InChI is InChI=1S/C30H22F6N4O.C2HF3O2/c1-17-24(23-6-2-3-7-26(23)38-17)15-28(41)40-21-8-9-27(39-22-5-4-10-37-16-22)25(14-21)18-11-19(29(31,32)33)13-20(12-18)30(34,35)36;3-2(4,5)1(6)7/h2-14,16,38-39H,15H2,1H3,(H,40,41);(H,6,7). The van der Waals surface area contributed by atoms with Crippen molar-refractivity contribution < 1.29 is 54.2 Å². The van der Waals surface area contributed by atoms with Gasteiger partial charge in [0.25, 0.3) is 0 Å². The zero-order chi connectivity index (χ0) is 35.4. The van der Waals surface area contributed by atoms with Crippen molar-refractivity contribution in [1.29, 1.82) is 0 Å². The van der Waals surface area contributed by atoms with Crippen LogP contribution in [0.25, 0.3) is 22.0 Å². The number of carboxylic acids is 1. The molecule has 2 heterocycles. The first kappa shape index (κ1) is 35.3. The van der Waals surface area contributed by atoms with E-state index in [1.165, 1.54) is 30.6 Å². The summed E-state index contributed by atoms with van der Waals surface area (Å²) in [7, 11) is 0. The smallest absolute Gasteiger partial charge is 0.475 e. The van der Waals surface area contributed by atoms with Crippen LogP contribution >= 0.6 is 0 Å². The molecule has 1 amide bonds. The highest BCUT2D eigenvalue weighted by atomic mass is 19.4. The third kappa shape index (κ3) is 8.83. The number of carbonyl (C=O) groups excluding carboxylic acids is 1. The number of carbonyl (C=O) groups is 2. The van der Waals surface area contributed by atoms with Crippen molar-refractivity contribution in [2.45, 2.75) is 31.9 Å². The maximum absolute atomic E-state index is 13.6. The molecule has 3 aromatic carbocycles. The number of pyridine rings is 1. The first-order valence-corrected chi connectivity index (χ1v) is 13.6. The molecule has 0 saturated heterocycles. The molecule has 0 spiro atoms. The number of nitrogens with zero attached hydrogens (tertiary/aromatic N) is 1. The van der Waals surface area contributed by atoms with E-state index < -0.39 is 41.5 Å². The van der Waals surface area contributed by atoms with Crippen LogP contribution in [0.1, 0.15) is 22.4 Å². The minimum absolute atomic E-state index is 0.00263. The Labute approximate surface area is 265 Å². The van der Waals surface area contributed by atoms with E-state index in [2.05, 4.69) is 20.6 Å². The van der Waals surface area contributed by atoms with Gasteiger partial charge in [-0.05, 0) is 72.6 Å². The van der Waals surface area contributed by atoms with Gasteiger partial charge in [0.15, 0.2) is 0 Å². The molecule has 0 atom stereocenters. The van der Waals surface area contributed by atoms with Crippen molar-refractivity contribution in [3.05, 3.63) is 108 Å². The summed E-state index contributed by atoms with van der Waals surface area (Å²) in [6.07, 6.45) is -12.1. The molecule has 4 N–H and O–H groups in total. The van der Waals surface area contributed by atoms with Crippen LogP contribution in [0.5, 0.6) is 0 Å². The lowest BCUT2D eigenvalue weighted by Gasteiger charge is -2.18. The Balaban J connectivity index is 0.000000671. The van der Waals surface area contributed by atoms with Gasteiger partial charge < -0.3 is 20.7 Å². The van der Waals surface area contributed by atoms with Gasteiger partial charge in [0, 0.05) is 39.7 Å². The predicted molar refractivity (Wildman–Crippen MR) is 158 cm³/mol. The maximum Gasteiger partial charge on any atom is 0.490 e. The third-order valence-corrected chi connectivity index (χ3v) is 6.75. The number of hydrogen-bond acceptors (Lipinski definition) is 4. The molecule has 252 valence electrons. The number of para-hydroxylation sites is 1. The second kappa shape index (κ2) is 13.7. The predicted octanol–water partition coefficient (Wildman–Crippen LogP) is 9.13. The van der Waals surface area contributed by atoms with Gasteiger partial charge in [-0.25, -0.2) is 4.79 Å². The quantitative estimate of drug-likeness (QED) is 0.134. The van der Waals surface area contributed by atoms with Crippen LogP contribution < -0.4 is 10.6 Å². The van der Waals surface area contributed by atoms with E-state index >= 15 is 0 Å². The Kier molecular flexibility index (Phi) is 10.1. The Hall–Kier alpha value is -5.54. The Morgan fingerprint density at radius 2 is 1.44 bits per heavy atom. The molecule has 0 aliphatic rings. The molecule has 48 heavy (non-hydrogen) atoms. The molecule has 0 aliphatic heterocycles. The summed E-state index contributed by atoms with van der Waals surface area (Å²) in [5.74, 6) is -3.16. The van der Waals surface area contributed by atoms with Crippen LogP contribution in [0.4, 0.5) is 56.6 Å². The number of aryl methyl sites for hydroxylation is 1. The minimum atomic E-state index is -5.08. The number of alkyl halides is 9. The molecular formula is C32H23F9N4O3. The third-order valence-electron chi connectivity index (χ3n) is 6.75. The second-order valence-corrected chi connectivity index (χ2v) is 10.2. The summed E-state index contributed by atoms with van der Waals surface area (Å²) in [5, 5.41) is 13.7. The SMILES string of the molecule is Cc1[nH]c2ccccc2c1CC(=O)Nc1ccc(Nc2cccnc2)c(-c2cc(C(F)(F)F)cc(C(F)(F)F)c2)c1.O=C(O)C(F)(F)F. The van der Waals surface area contributed by atoms with E-state index in [-0.39, 0.29) is 35.0 Å². The number of aromatic amines is 1. The molecule has 0 bridgehead atoms. The van der Waals surface area contributed by atoms with Gasteiger partial charge in [-0.15, -0.1) is 0 Å². The van der Waals surface area contributed by atoms with Crippen LogP contribution in [-0.2, 0) is 28.4 Å². The summed E-state index contributed by atoms with van der Waals surface area (Å²) in [5.41, 5.74) is 0.129. The average Bonchev–Trinajstić information content (AvgIpc) is 3.31. The number of nitrogens with one attached hydrogen (secondary N) is 3. The summed E-state index contributed by atoms with van der Waals surface area (Å²) < 4.78 is 113. The van der Waals surface area contributed by atoms with E-state index in [0.29, 0.717) is 17.8 Å². The molecule has 0 aliphatic carbocycles. The number of halogens is 9. The van der Waals surface area contributed by atoms with Crippen LogP contribution in [0.15, 0.2) is 85.2 Å². The zero-order valence-electron chi connectivity index (χ0n) is 24.4. The molecule has 0 unspecified atom stereocenters. The van der Waals surface area contributed by atoms with Crippen molar-refractivity contribution in [2.75, 3.05) is 10.6 Å². The second-order valence-electron chi connectivity index (χ2n) is 10.2. The van der Waals surface area contributed by atoms with E-state index in [0.717, 1.165) is 22.2 Å². The molecule has 0 radical (unpaired) electrons. The minimum Gasteiger partial charge on any atom is -0.475 e. The van der Waals surface area contributed by atoms with Gasteiger partial charge >= 0.3 is 24.5 Å². The Morgan fingerprint density at radius 1 is 0.812 bits per heavy atom. The zero-order valence-corrected chi connectivity index (χ0v) is 24.4.